The van der Waals surface area contributed by atoms with Gasteiger partial charge in [-0.1, -0.05) is 6.07 Å². The van der Waals surface area contributed by atoms with Gasteiger partial charge >= 0.3 is 0 Å². The molecular weight excluding hydrogens is 420 g/mol. The number of fused-ring (bicyclic) bond motifs is 1. The van der Waals surface area contributed by atoms with Gasteiger partial charge in [-0.3, -0.25) is 19.5 Å². The van der Waals surface area contributed by atoms with E-state index in [1.165, 1.54) is 6.07 Å². The number of hydrogen-bond donors (Lipinski definition) is 1. The molecule has 1 aromatic carbocycles. The number of piperidine rings is 1. The van der Waals surface area contributed by atoms with Crippen LogP contribution in [0.4, 0.5) is 5.95 Å². The predicted molar refractivity (Wildman–Crippen MR) is 123 cm³/mol. The van der Waals surface area contributed by atoms with Gasteiger partial charge in [0.1, 0.15) is 11.2 Å². The van der Waals surface area contributed by atoms with Crippen LogP contribution in [0.5, 0.6) is 0 Å². The Hall–Kier alpha value is -3.77. The van der Waals surface area contributed by atoms with Gasteiger partial charge < -0.3 is 9.64 Å². The van der Waals surface area contributed by atoms with Crippen LogP contribution in [0.1, 0.15) is 52.1 Å². The fourth-order valence-electron chi connectivity index (χ4n) is 3.96. The first-order valence-corrected chi connectivity index (χ1v) is 11.1. The van der Waals surface area contributed by atoms with Crippen LogP contribution in [0.25, 0.3) is 11.2 Å². The minimum Gasteiger partial charge on any atom is -0.385 e. The lowest BCUT2D eigenvalue weighted by Crippen LogP contribution is -2.36. The van der Waals surface area contributed by atoms with Crippen molar-refractivity contribution in [2.45, 2.75) is 32.2 Å². The number of methoxy groups -OCH3 is 1. The highest BCUT2D eigenvalue weighted by atomic mass is 16.5. The zero-order valence-electron chi connectivity index (χ0n) is 18.6. The standard InChI is InChI=1S/C24H26N6O3/c1-33-14-6-13-30-21-19(9-10-20(26-21)23(32)29-11-3-2-4-12-29)27-24(30)28-22(31)18-8-5-7-17(15-18)16-25/h5,7-10,15H,2-4,6,11-14H2,1H3,(H,27,28,31). The highest BCUT2D eigenvalue weighted by Crippen LogP contribution is 2.21. The lowest BCUT2D eigenvalue weighted by atomic mass is 10.1. The average molecular weight is 447 g/mol. The molecule has 0 unspecified atom stereocenters. The van der Waals surface area contributed by atoms with E-state index in [1.807, 2.05) is 11.0 Å². The van der Waals surface area contributed by atoms with Gasteiger partial charge in [0.15, 0.2) is 5.65 Å². The van der Waals surface area contributed by atoms with Crippen molar-refractivity contribution < 1.29 is 14.3 Å². The van der Waals surface area contributed by atoms with Gasteiger partial charge in [-0.2, -0.15) is 5.26 Å². The molecule has 0 atom stereocenters. The van der Waals surface area contributed by atoms with Crippen molar-refractivity contribution in [1.29, 1.82) is 5.26 Å². The average Bonchev–Trinajstić information content (AvgIpc) is 3.20. The predicted octanol–water partition coefficient (Wildman–Crippen LogP) is 3.22. The number of anilines is 1. The number of aromatic nitrogens is 3. The number of carbonyl (C=O) groups excluding carboxylic acids is 2. The summed E-state index contributed by atoms with van der Waals surface area (Å²) in [4.78, 5) is 36.8. The fraction of sp³-hybridized carbons (Fsp3) is 0.375. The number of hydrogen-bond acceptors (Lipinski definition) is 6. The minimum atomic E-state index is -0.375. The first kappa shape index (κ1) is 22.4. The Morgan fingerprint density at radius 1 is 1.15 bits per heavy atom. The summed E-state index contributed by atoms with van der Waals surface area (Å²) < 4.78 is 6.98. The van der Waals surface area contributed by atoms with Gasteiger partial charge in [-0.15, -0.1) is 0 Å². The summed E-state index contributed by atoms with van der Waals surface area (Å²) in [5.74, 6) is -0.122. The summed E-state index contributed by atoms with van der Waals surface area (Å²) in [5, 5.41) is 11.9. The van der Waals surface area contributed by atoms with Crippen molar-refractivity contribution >= 4 is 28.9 Å². The number of aryl methyl sites for hydroxylation is 1. The molecule has 0 radical (unpaired) electrons. The maximum atomic E-state index is 13.0. The molecule has 0 aliphatic carbocycles. The van der Waals surface area contributed by atoms with E-state index in [4.69, 9.17) is 10.00 Å². The molecule has 0 saturated carbocycles. The number of ether oxygens (including phenoxy) is 1. The van der Waals surface area contributed by atoms with Crippen LogP contribution in [-0.4, -0.2) is 58.1 Å². The second-order valence-electron chi connectivity index (χ2n) is 7.97. The van der Waals surface area contributed by atoms with E-state index >= 15 is 0 Å². The molecule has 4 rings (SSSR count). The lowest BCUT2D eigenvalue weighted by Gasteiger charge is -2.26. The minimum absolute atomic E-state index is 0.0832. The smallest absolute Gasteiger partial charge is 0.272 e. The number of likely N-dealkylation sites (tertiary alicyclic amines) is 1. The summed E-state index contributed by atoms with van der Waals surface area (Å²) in [6.45, 7) is 2.53. The number of nitrogens with one attached hydrogen (secondary N) is 1. The van der Waals surface area contributed by atoms with E-state index in [-0.39, 0.29) is 11.8 Å². The molecule has 33 heavy (non-hydrogen) atoms. The molecule has 2 aromatic heterocycles. The molecular formula is C24H26N6O3. The first-order valence-electron chi connectivity index (χ1n) is 11.1. The molecule has 2 amide bonds. The fourth-order valence-corrected chi connectivity index (χ4v) is 3.96. The highest BCUT2D eigenvalue weighted by molar-refractivity contribution is 6.04. The molecule has 9 heteroatoms. The summed E-state index contributed by atoms with van der Waals surface area (Å²) in [6.07, 6.45) is 3.84. The second kappa shape index (κ2) is 10.2. The Morgan fingerprint density at radius 3 is 2.73 bits per heavy atom. The maximum absolute atomic E-state index is 13.0. The molecule has 1 aliphatic rings. The summed E-state index contributed by atoms with van der Waals surface area (Å²) in [6, 6.07) is 12.0. The number of benzene rings is 1. The molecule has 0 bridgehead atoms. The molecule has 3 heterocycles. The van der Waals surface area contributed by atoms with Gasteiger partial charge in [0, 0.05) is 38.9 Å². The molecule has 1 N–H and O–H groups in total. The van der Waals surface area contributed by atoms with Crippen LogP contribution in [-0.2, 0) is 11.3 Å². The lowest BCUT2D eigenvalue weighted by molar-refractivity contribution is 0.0718. The second-order valence-corrected chi connectivity index (χ2v) is 7.97. The van der Waals surface area contributed by atoms with Crippen molar-refractivity contribution in [2.24, 2.45) is 0 Å². The van der Waals surface area contributed by atoms with Crippen molar-refractivity contribution in [3.63, 3.8) is 0 Å². The van der Waals surface area contributed by atoms with E-state index in [9.17, 15) is 9.59 Å². The van der Waals surface area contributed by atoms with E-state index in [0.29, 0.717) is 53.5 Å². The third kappa shape index (κ3) is 5.02. The van der Waals surface area contributed by atoms with Crippen LogP contribution in [0.2, 0.25) is 0 Å². The van der Waals surface area contributed by atoms with Crippen LogP contribution < -0.4 is 5.32 Å². The van der Waals surface area contributed by atoms with Crippen LogP contribution in [0.3, 0.4) is 0 Å². The molecule has 9 nitrogen and oxygen atoms in total. The SMILES string of the molecule is COCCCn1c(NC(=O)c2cccc(C#N)c2)nc2ccc(C(=O)N3CCCCC3)nc21. The Bertz CT molecular complexity index is 1210. The molecule has 1 aliphatic heterocycles. The quantitative estimate of drug-likeness (QED) is 0.558. The molecule has 1 saturated heterocycles. The van der Waals surface area contributed by atoms with E-state index in [0.717, 1.165) is 32.4 Å². The van der Waals surface area contributed by atoms with Crippen LogP contribution in [0.15, 0.2) is 36.4 Å². The molecule has 1 fully saturated rings. The van der Waals surface area contributed by atoms with Crippen LogP contribution >= 0.6 is 0 Å². The maximum Gasteiger partial charge on any atom is 0.272 e. The number of carbonyl (C=O) groups is 2. The zero-order chi connectivity index (χ0) is 23.2. The normalized spacial score (nSPS) is 13.6. The molecule has 170 valence electrons. The van der Waals surface area contributed by atoms with Gasteiger partial charge in [-0.05, 0) is 56.0 Å². The van der Waals surface area contributed by atoms with Gasteiger partial charge in [0.25, 0.3) is 11.8 Å². The van der Waals surface area contributed by atoms with E-state index in [2.05, 4.69) is 15.3 Å². The van der Waals surface area contributed by atoms with Gasteiger partial charge in [0.05, 0.1) is 11.6 Å². The first-order chi connectivity index (χ1) is 16.1. The van der Waals surface area contributed by atoms with Gasteiger partial charge in [0.2, 0.25) is 5.95 Å². The number of imidazole rings is 1. The summed E-state index contributed by atoms with van der Waals surface area (Å²) in [5.41, 5.74) is 2.26. The Morgan fingerprint density at radius 2 is 1.97 bits per heavy atom. The Kier molecular flexibility index (Phi) is 6.95. The largest absolute Gasteiger partial charge is 0.385 e. The number of nitriles is 1. The van der Waals surface area contributed by atoms with Crippen molar-refractivity contribution in [2.75, 3.05) is 32.1 Å². The number of rotatable bonds is 7. The van der Waals surface area contributed by atoms with Crippen molar-refractivity contribution in [1.82, 2.24) is 19.4 Å². The van der Waals surface area contributed by atoms with Crippen molar-refractivity contribution in [3.8, 4) is 6.07 Å². The number of pyridine rings is 1. The number of amides is 2. The molecule has 3 aromatic rings. The van der Waals surface area contributed by atoms with Gasteiger partial charge in [-0.25, -0.2) is 9.97 Å². The molecule has 0 spiro atoms. The Balaban J connectivity index is 1.66. The number of nitrogens with zero attached hydrogens (tertiary/aromatic N) is 5. The van der Waals surface area contributed by atoms with Crippen molar-refractivity contribution in [3.05, 3.63) is 53.2 Å². The zero-order valence-corrected chi connectivity index (χ0v) is 18.6. The van der Waals surface area contributed by atoms with Crippen LogP contribution in [0, 0.1) is 11.3 Å². The summed E-state index contributed by atoms with van der Waals surface area (Å²) >= 11 is 0. The third-order valence-corrected chi connectivity index (χ3v) is 5.66. The monoisotopic (exact) mass is 446 g/mol. The van der Waals surface area contributed by atoms with E-state index < -0.39 is 0 Å². The highest BCUT2D eigenvalue weighted by Gasteiger charge is 2.22. The topological polar surface area (TPSA) is 113 Å². The Labute approximate surface area is 192 Å². The summed E-state index contributed by atoms with van der Waals surface area (Å²) in [7, 11) is 1.63. The third-order valence-electron chi connectivity index (χ3n) is 5.66. The van der Waals surface area contributed by atoms with E-state index in [1.54, 1.807) is 42.0 Å².